The Hall–Kier alpha value is -2.55. The summed E-state index contributed by atoms with van der Waals surface area (Å²) in [6, 6.07) is 3.79. The largest absolute Gasteiger partial charge is 0.398 e. The fourth-order valence-electron chi connectivity index (χ4n) is 0.906. The number of nitro groups is 1. The molecule has 15 heavy (non-hydrogen) atoms. The first-order valence-corrected chi connectivity index (χ1v) is 3.86. The number of amides is 1. The number of carbonyl (C=O) groups is 1. The van der Waals surface area contributed by atoms with Crippen LogP contribution in [0.4, 0.5) is 11.4 Å². The van der Waals surface area contributed by atoms with Gasteiger partial charge in [0.05, 0.1) is 10.6 Å². The molecule has 0 fully saturated rings. The summed E-state index contributed by atoms with van der Waals surface area (Å²) in [7, 11) is 0. The minimum absolute atomic E-state index is 0.128. The molecule has 0 aliphatic carbocycles. The van der Waals surface area contributed by atoms with Crippen LogP contribution in [0.2, 0.25) is 0 Å². The average molecular weight is 205 g/mol. The lowest BCUT2D eigenvalue weighted by Gasteiger charge is -1.97. The van der Waals surface area contributed by atoms with E-state index in [0.717, 1.165) is 0 Å². The first-order valence-electron chi connectivity index (χ1n) is 3.86. The van der Waals surface area contributed by atoms with Gasteiger partial charge in [-0.15, -0.1) is 0 Å². The number of hydrogen-bond donors (Lipinski definition) is 2. The van der Waals surface area contributed by atoms with Crippen molar-refractivity contribution in [1.29, 1.82) is 0 Å². The first kappa shape index (κ1) is 10.5. The standard InChI is InChI=1S/C9H7N3O3/c10-8-5-7(12(14)15)3-1-6(8)2-4-9(11)13/h1,3,5H,10H2,(H2,11,13). The van der Waals surface area contributed by atoms with Gasteiger partial charge < -0.3 is 11.5 Å². The van der Waals surface area contributed by atoms with Crippen LogP contribution in [0.15, 0.2) is 18.2 Å². The third-order valence-electron chi connectivity index (χ3n) is 1.57. The number of primary amides is 1. The number of non-ortho nitro benzene ring substituents is 1. The maximum absolute atomic E-state index is 10.4. The summed E-state index contributed by atoms with van der Waals surface area (Å²) < 4.78 is 0. The number of hydrogen-bond acceptors (Lipinski definition) is 4. The molecule has 0 aliphatic rings. The van der Waals surface area contributed by atoms with Crippen molar-refractivity contribution in [2.75, 3.05) is 5.73 Å². The Bertz CT molecular complexity index is 485. The third kappa shape index (κ3) is 2.70. The number of nitrogens with zero attached hydrogens (tertiary/aromatic N) is 1. The van der Waals surface area contributed by atoms with E-state index in [1.807, 2.05) is 0 Å². The van der Waals surface area contributed by atoms with Crippen LogP contribution >= 0.6 is 0 Å². The predicted octanol–water partition coefficient (Wildman–Crippen LogP) is 0.0138. The van der Waals surface area contributed by atoms with Crippen LogP contribution in [0.1, 0.15) is 5.56 Å². The van der Waals surface area contributed by atoms with Crippen molar-refractivity contribution in [3.05, 3.63) is 33.9 Å². The second-order valence-electron chi connectivity index (χ2n) is 2.64. The monoisotopic (exact) mass is 205 g/mol. The Morgan fingerprint density at radius 1 is 1.47 bits per heavy atom. The molecule has 1 aromatic rings. The van der Waals surface area contributed by atoms with Gasteiger partial charge in [-0.25, -0.2) is 0 Å². The van der Waals surface area contributed by atoms with Crippen molar-refractivity contribution in [3.63, 3.8) is 0 Å². The quantitative estimate of drug-likeness (QED) is 0.291. The molecule has 6 nitrogen and oxygen atoms in total. The zero-order chi connectivity index (χ0) is 11.4. The van der Waals surface area contributed by atoms with Gasteiger partial charge in [-0.05, 0) is 6.07 Å². The number of rotatable bonds is 1. The van der Waals surface area contributed by atoms with E-state index in [-0.39, 0.29) is 11.4 Å². The van der Waals surface area contributed by atoms with Gasteiger partial charge in [0.1, 0.15) is 0 Å². The number of carbonyl (C=O) groups excluding carboxylic acids is 1. The molecule has 0 spiro atoms. The van der Waals surface area contributed by atoms with E-state index in [4.69, 9.17) is 11.5 Å². The maximum atomic E-state index is 10.4. The van der Waals surface area contributed by atoms with Crippen LogP contribution in [0, 0.1) is 22.0 Å². The Labute approximate surface area is 85.0 Å². The van der Waals surface area contributed by atoms with Gasteiger partial charge >= 0.3 is 0 Å². The van der Waals surface area contributed by atoms with E-state index in [1.165, 1.54) is 18.2 Å². The Balaban J connectivity index is 3.10. The van der Waals surface area contributed by atoms with Crippen LogP contribution in [0.5, 0.6) is 0 Å². The number of anilines is 1. The zero-order valence-corrected chi connectivity index (χ0v) is 7.56. The van der Waals surface area contributed by atoms with Crippen molar-refractivity contribution in [2.24, 2.45) is 5.73 Å². The van der Waals surface area contributed by atoms with Gasteiger partial charge in [-0.2, -0.15) is 0 Å². The number of benzene rings is 1. The van der Waals surface area contributed by atoms with Crippen molar-refractivity contribution >= 4 is 17.3 Å². The second-order valence-corrected chi connectivity index (χ2v) is 2.64. The lowest BCUT2D eigenvalue weighted by atomic mass is 10.1. The molecule has 0 bridgehead atoms. The van der Waals surface area contributed by atoms with Crippen molar-refractivity contribution in [2.45, 2.75) is 0 Å². The fraction of sp³-hybridized carbons (Fsp3) is 0. The fourth-order valence-corrected chi connectivity index (χ4v) is 0.906. The van der Waals surface area contributed by atoms with Crippen LogP contribution < -0.4 is 11.5 Å². The zero-order valence-electron chi connectivity index (χ0n) is 7.56. The minimum atomic E-state index is -0.784. The lowest BCUT2D eigenvalue weighted by Crippen LogP contribution is -2.06. The summed E-state index contributed by atoms with van der Waals surface area (Å²) in [5.74, 6) is 3.71. The highest BCUT2D eigenvalue weighted by molar-refractivity contribution is 5.92. The molecule has 0 radical (unpaired) electrons. The number of nitrogen functional groups attached to an aromatic ring is 1. The highest BCUT2D eigenvalue weighted by Crippen LogP contribution is 2.18. The molecule has 0 saturated heterocycles. The topological polar surface area (TPSA) is 112 Å². The molecule has 1 rings (SSSR count). The van der Waals surface area contributed by atoms with Gasteiger partial charge in [0.2, 0.25) is 0 Å². The number of nitrogens with two attached hydrogens (primary N) is 2. The van der Waals surface area contributed by atoms with E-state index < -0.39 is 10.8 Å². The molecule has 1 amide bonds. The average Bonchev–Trinajstić information content (AvgIpc) is 2.15. The van der Waals surface area contributed by atoms with Gasteiger partial charge in [0, 0.05) is 23.6 Å². The SMILES string of the molecule is NC(=O)C#Cc1ccc([N+](=O)[O-])cc1N. The van der Waals surface area contributed by atoms with Gasteiger partial charge in [0.15, 0.2) is 0 Å². The van der Waals surface area contributed by atoms with Crippen molar-refractivity contribution in [1.82, 2.24) is 0 Å². The van der Waals surface area contributed by atoms with Crippen molar-refractivity contribution < 1.29 is 9.72 Å². The Kier molecular flexibility index (Phi) is 2.88. The van der Waals surface area contributed by atoms with Gasteiger partial charge in [-0.3, -0.25) is 14.9 Å². The molecule has 76 valence electrons. The van der Waals surface area contributed by atoms with Crippen molar-refractivity contribution in [3.8, 4) is 11.8 Å². The highest BCUT2D eigenvalue weighted by Gasteiger charge is 2.06. The van der Waals surface area contributed by atoms with Crippen LogP contribution in [-0.2, 0) is 4.79 Å². The third-order valence-corrected chi connectivity index (χ3v) is 1.57. The van der Waals surface area contributed by atoms with E-state index >= 15 is 0 Å². The van der Waals surface area contributed by atoms with Gasteiger partial charge in [0.25, 0.3) is 11.6 Å². The molecule has 0 atom stereocenters. The maximum Gasteiger partial charge on any atom is 0.293 e. The molecular formula is C9H7N3O3. The summed E-state index contributed by atoms with van der Waals surface area (Å²) in [5.41, 5.74) is 10.6. The molecule has 0 saturated carbocycles. The van der Waals surface area contributed by atoms with Crippen LogP contribution in [0.25, 0.3) is 0 Å². The second kappa shape index (κ2) is 4.11. The smallest absolute Gasteiger partial charge is 0.293 e. The Morgan fingerprint density at radius 2 is 2.13 bits per heavy atom. The summed E-state index contributed by atoms with van der Waals surface area (Å²) in [6.45, 7) is 0. The lowest BCUT2D eigenvalue weighted by molar-refractivity contribution is -0.384. The molecule has 0 aliphatic heterocycles. The molecule has 4 N–H and O–H groups in total. The first-order chi connectivity index (χ1) is 7.00. The molecule has 0 heterocycles. The van der Waals surface area contributed by atoms with E-state index in [9.17, 15) is 14.9 Å². The predicted molar refractivity (Wildman–Crippen MR) is 53.6 cm³/mol. The summed E-state index contributed by atoms with van der Waals surface area (Å²) in [5, 5.41) is 10.4. The summed E-state index contributed by atoms with van der Waals surface area (Å²) in [6.07, 6.45) is 0. The van der Waals surface area contributed by atoms with E-state index in [1.54, 1.807) is 0 Å². The summed E-state index contributed by atoms with van der Waals surface area (Å²) in [4.78, 5) is 20.2. The normalized spacial score (nSPS) is 8.80. The minimum Gasteiger partial charge on any atom is -0.398 e. The Morgan fingerprint density at radius 3 is 2.60 bits per heavy atom. The van der Waals surface area contributed by atoms with E-state index in [2.05, 4.69) is 11.8 Å². The number of nitro benzene ring substituents is 1. The van der Waals surface area contributed by atoms with Gasteiger partial charge in [-0.1, -0.05) is 5.92 Å². The molecular weight excluding hydrogens is 198 g/mol. The molecule has 0 unspecified atom stereocenters. The van der Waals surface area contributed by atoms with Crippen LogP contribution in [0.3, 0.4) is 0 Å². The van der Waals surface area contributed by atoms with Crippen LogP contribution in [-0.4, -0.2) is 10.8 Å². The molecule has 0 aromatic heterocycles. The van der Waals surface area contributed by atoms with E-state index in [0.29, 0.717) is 5.56 Å². The molecule has 6 heteroatoms. The summed E-state index contributed by atoms with van der Waals surface area (Å²) >= 11 is 0. The highest BCUT2D eigenvalue weighted by atomic mass is 16.6. The molecule has 1 aromatic carbocycles.